The highest BCUT2D eigenvalue weighted by atomic mass is 32.1. The summed E-state index contributed by atoms with van der Waals surface area (Å²) in [5, 5.41) is 3.89. The van der Waals surface area contributed by atoms with Crippen molar-refractivity contribution in [1.29, 1.82) is 0 Å². The van der Waals surface area contributed by atoms with Gasteiger partial charge in [0.2, 0.25) is 0 Å². The lowest BCUT2D eigenvalue weighted by Crippen LogP contribution is -2.36. The van der Waals surface area contributed by atoms with E-state index >= 15 is 0 Å². The number of hydrogen-bond donors (Lipinski definition) is 1. The first-order valence-electron chi connectivity index (χ1n) is 9.39. The van der Waals surface area contributed by atoms with Gasteiger partial charge in [0.15, 0.2) is 0 Å². The molecule has 0 unspecified atom stereocenters. The van der Waals surface area contributed by atoms with E-state index in [-0.39, 0.29) is 17.8 Å². The molecular weight excluding hydrogens is 373 g/mol. The van der Waals surface area contributed by atoms with Crippen molar-refractivity contribution in [1.82, 2.24) is 15.2 Å². The summed E-state index contributed by atoms with van der Waals surface area (Å²) in [4.78, 5) is 20.3. The fraction of sp³-hybridized carbons (Fsp3) is 0.273. The van der Waals surface area contributed by atoms with Crippen LogP contribution in [0.4, 0.5) is 4.39 Å². The highest BCUT2D eigenvalue weighted by Crippen LogP contribution is 2.28. The van der Waals surface area contributed by atoms with Crippen molar-refractivity contribution in [3.8, 4) is 10.6 Å². The number of aryl methyl sites for hydroxylation is 1. The van der Waals surface area contributed by atoms with Crippen LogP contribution in [0.3, 0.4) is 0 Å². The molecule has 0 saturated carbocycles. The van der Waals surface area contributed by atoms with Gasteiger partial charge in [-0.1, -0.05) is 30.3 Å². The first-order valence-corrected chi connectivity index (χ1v) is 10.2. The van der Waals surface area contributed by atoms with Crippen LogP contribution in [0, 0.1) is 12.7 Å². The van der Waals surface area contributed by atoms with Crippen LogP contribution in [0.2, 0.25) is 0 Å². The second-order valence-corrected chi connectivity index (χ2v) is 8.12. The van der Waals surface area contributed by atoms with E-state index in [1.807, 2.05) is 13.0 Å². The number of likely N-dealkylation sites (tertiary alicyclic amines) is 1. The van der Waals surface area contributed by atoms with Gasteiger partial charge in [-0.25, -0.2) is 9.37 Å². The van der Waals surface area contributed by atoms with Crippen molar-refractivity contribution in [3.05, 3.63) is 76.5 Å². The Morgan fingerprint density at radius 3 is 2.71 bits per heavy atom. The molecule has 144 valence electrons. The molecule has 1 atom stereocenters. The van der Waals surface area contributed by atoms with Crippen LogP contribution in [0.15, 0.2) is 54.6 Å². The molecule has 1 aliphatic heterocycles. The Kier molecular flexibility index (Phi) is 5.50. The van der Waals surface area contributed by atoms with Gasteiger partial charge in [-0.2, -0.15) is 0 Å². The van der Waals surface area contributed by atoms with E-state index in [1.54, 1.807) is 12.1 Å². The van der Waals surface area contributed by atoms with E-state index in [9.17, 15) is 9.18 Å². The third-order valence-corrected chi connectivity index (χ3v) is 6.16. The lowest BCUT2D eigenvalue weighted by Gasteiger charge is -2.16. The van der Waals surface area contributed by atoms with Gasteiger partial charge in [-0.05, 0) is 43.2 Å². The second kappa shape index (κ2) is 8.20. The SMILES string of the molecule is Cc1nc(-c2ccc(F)cc2)sc1C(=O)N[C@@H]1CCN(Cc2ccccc2)C1. The monoisotopic (exact) mass is 395 g/mol. The number of hydrogen-bond acceptors (Lipinski definition) is 4. The van der Waals surface area contributed by atoms with Crippen LogP contribution in [0.5, 0.6) is 0 Å². The summed E-state index contributed by atoms with van der Waals surface area (Å²) in [6.45, 7) is 4.57. The van der Waals surface area contributed by atoms with E-state index in [2.05, 4.69) is 39.5 Å². The Hall–Kier alpha value is -2.57. The molecule has 0 spiro atoms. The van der Waals surface area contributed by atoms with Gasteiger partial charge in [0.25, 0.3) is 5.91 Å². The van der Waals surface area contributed by atoms with Crippen LogP contribution < -0.4 is 5.32 Å². The number of benzene rings is 2. The van der Waals surface area contributed by atoms with Crippen molar-refractivity contribution in [2.45, 2.75) is 25.9 Å². The predicted octanol–water partition coefficient (Wildman–Crippen LogP) is 4.26. The molecule has 4 nitrogen and oxygen atoms in total. The zero-order chi connectivity index (χ0) is 19.5. The molecule has 0 bridgehead atoms. The van der Waals surface area contributed by atoms with Gasteiger partial charge in [0, 0.05) is 31.2 Å². The summed E-state index contributed by atoms with van der Waals surface area (Å²) in [6.07, 6.45) is 0.946. The molecule has 28 heavy (non-hydrogen) atoms. The summed E-state index contributed by atoms with van der Waals surface area (Å²) in [5.41, 5.74) is 2.82. The standard InChI is InChI=1S/C22H22FN3OS/c1-15-20(28-22(24-15)17-7-9-18(23)10-8-17)21(27)25-19-11-12-26(14-19)13-16-5-3-2-4-6-16/h2-10,19H,11-14H2,1H3,(H,25,27)/t19-/m1/s1. The zero-order valence-electron chi connectivity index (χ0n) is 15.7. The number of nitrogens with one attached hydrogen (secondary N) is 1. The molecule has 1 N–H and O–H groups in total. The lowest BCUT2D eigenvalue weighted by molar-refractivity contribution is 0.0941. The number of rotatable bonds is 5. The normalized spacial score (nSPS) is 17.0. The zero-order valence-corrected chi connectivity index (χ0v) is 16.5. The third-order valence-electron chi connectivity index (χ3n) is 4.95. The van der Waals surface area contributed by atoms with E-state index in [0.29, 0.717) is 10.6 Å². The van der Waals surface area contributed by atoms with Gasteiger partial charge >= 0.3 is 0 Å². The van der Waals surface area contributed by atoms with Crippen LogP contribution in [-0.4, -0.2) is 34.9 Å². The summed E-state index contributed by atoms with van der Waals surface area (Å²) in [5.74, 6) is -0.355. The molecule has 2 aromatic carbocycles. The van der Waals surface area contributed by atoms with Crippen molar-refractivity contribution in [2.24, 2.45) is 0 Å². The van der Waals surface area contributed by atoms with Crippen molar-refractivity contribution >= 4 is 17.2 Å². The lowest BCUT2D eigenvalue weighted by atomic mass is 10.2. The maximum Gasteiger partial charge on any atom is 0.263 e. The minimum Gasteiger partial charge on any atom is -0.347 e. The number of carbonyl (C=O) groups excluding carboxylic acids is 1. The summed E-state index contributed by atoms with van der Waals surface area (Å²) in [7, 11) is 0. The number of carbonyl (C=O) groups is 1. The average Bonchev–Trinajstić information content (AvgIpc) is 3.29. The summed E-state index contributed by atoms with van der Waals surface area (Å²) >= 11 is 1.35. The van der Waals surface area contributed by atoms with E-state index in [1.165, 1.54) is 29.0 Å². The van der Waals surface area contributed by atoms with Crippen LogP contribution in [0.25, 0.3) is 10.6 Å². The van der Waals surface area contributed by atoms with Gasteiger partial charge in [-0.3, -0.25) is 9.69 Å². The van der Waals surface area contributed by atoms with Gasteiger partial charge in [0.05, 0.1) is 5.69 Å². The first-order chi connectivity index (χ1) is 13.6. The number of halogens is 1. The number of nitrogens with zero attached hydrogens (tertiary/aromatic N) is 2. The number of aromatic nitrogens is 1. The van der Waals surface area contributed by atoms with Crippen LogP contribution in [0.1, 0.15) is 27.3 Å². The van der Waals surface area contributed by atoms with E-state index in [0.717, 1.165) is 36.6 Å². The van der Waals surface area contributed by atoms with Crippen LogP contribution >= 0.6 is 11.3 Å². The van der Waals surface area contributed by atoms with E-state index < -0.39 is 0 Å². The van der Waals surface area contributed by atoms with Crippen molar-refractivity contribution in [3.63, 3.8) is 0 Å². The quantitative estimate of drug-likeness (QED) is 0.702. The van der Waals surface area contributed by atoms with Gasteiger partial charge in [0.1, 0.15) is 15.7 Å². The summed E-state index contributed by atoms with van der Waals surface area (Å²) in [6, 6.07) is 16.7. The molecule has 4 rings (SSSR count). The van der Waals surface area contributed by atoms with Gasteiger partial charge in [-0.15, -0.1) is 11.3 Å². The molecular formula is C22H22FN3OS. The molecule has 6 heteroatoms. The molecule has 1 saturated heterocycles. The van der Waals surface area contributed by atoms with Crippen LogP contribution in [-0.2, 0) is 6.54 Å². The Bertz CT molecular complexity index is 956. The molecule has 1 aliphatic rings. The molecule has 1 amide bonds. The van der Waals surface area contributed by atoms with Gasteiger partial charge < -0.3 is 5.32 Å². The first kappa shape index (κ1) is 18.8. The summed E-state index contributed by atoms with van der Waals surface area (Å²) < 4.78 is 13.1. The maximum absolute atomic E-state index is 13.1. The Labute approximate surface area is 168 Å². The largest absolute Gasteiger partial charge is 0.347 e. The smallest absolute Gasteiger partial charge is 0.263 e. The highest BCUT2D eigenvalue weighted by Gasteiger charge is 2.26. The predicted molar refractivity (Wildman–Crippen MR) is 110 cm³/mol. The Morgan fingerprint density at radius 1 is 1.21 bits per heavy atom. The fourth-order valence-corrected chi connectivity index (χ4v) is 4.48. The van der Waals surface area contributed by atoms with E-state index in [4.69, 9.17) is 0 Å². The Morgan fingerprint density at radius 2 is 1.96 bits per heavy atom. The molecule has 1 fully saturated rings. The molecule has 1 aromatic heterocycles. The molecule has 0 aliphatic carbocycles. The minimum absolute atomic E-state index is 0.0741. The van der Waals surface area contributed by atoms with Crippen molar-refractivity contribution < 1.29 is 9.18 Å². The van der Waals surface area contributed by atoms with Crippen molar-refractivity contribution in [2.75, 3.05) is 13.1 Å². The highest BCUT2D eigenvalue weighted by molar-refractivity contribution is 7.17. The molecule has 3 aromatic rings. The fourth-order valence-electron chi connectivity index (χ4n) is 3.51. The number of thiazole rings is 1. The third kappa shape index (κ3) is 4.29. The second-order valence-electron chi connectivity index (χ2n) is 7.12. The Balaban J connectivity index is 1.38. The number of amides is 1. The average molecular weight is 396 g/mol. The maximum atomic E-state index is 13.1. The molecule has 2 heterocycles. The topological polar surface area (TPSA) is 45.2 Å². The molecule has 0 radical (unpaired) electrons. The minimum atomic E-state index is -0.281.